The predicted octanol–water partition coefficient (Wildman–Crippen LogP) is 2.87. The van der Waals surface area contributed by atoms with Gasteiger partial charge in [-0.05, 0) is 50.5 Å². The molecule has 2 aliphatic rings. The maximum atomic E-state index is 12.2. The lowest BCUT2D eigenvalue weighted by Crippen LogP contribution is -2.46. The number of ether oxygens (including phenoxy) is 3. The molecule has 0 aliphatic carbocycles. The van der Waals surface area contributed by atoms with Crippen LogP contribution in [0, 0.1) is 11.3 Å². The topological polar surface area (TPSA) is 92.1 Å². The Kier molecular flexibility index (Phi) is 6.14. The van der Waals surface area contributed by atoms with Gasteiger partial charge in [0.15, 0.2) is 6.23 Å². The fraction of sp³-hybridized carbons (Fsp3) is 0.526. The lowest BCUT2D eigenvalue weighted by Gasteiger charge is -2.35. The number of benzene rings is 1. The van der Waals surface area contributed by atoms with Crippen molar-refractivity contribution in [2.75, 3.05) is 31.1 Å². The van der Waals surface area contributed by atoms with Gasteiger partial charge in [0, 0.05) is 18.8 Å². The first-order chi connectivity index (χ1) is 13.1. The summed E-state index contributed by atoms with van der Waals surface area (Å²) < 4.78 is 15.8. The largest absolute Gasteiger partial charge is 0.509 e. The van der Waals surface area contributed by atoms with Crippen molar-refractivity contribution in [2.45, 2.75) is 38.5 Å². The van der Waals surface area contributed by atoms with Crippen molar-refractivity contribution in [2.24, 2.45) is 0 Å². The van der Waals surface area contributed by atoms with Crippen LogP contribution in [0.4, 0.5) is 15.3 Å². The Morgan fingerprint density at radius 2 is 2.11 bits per heavy atom. The van der Waals surface area contributed by atoms with Gasteiger partial charge in [-0.25, -0.2) is 9.59 Å². The molecule has 144 valence electrons. The average molecular weight is 373 g/mol. The first-order valence-corrected chi connectivity index (χ1v) is 9.16. The molecule has 0 bridgehead atoms. The van der Waals surface area contributed by atoms with Gasteiger partial charge in [-0.3, -0.25) is 9.80 Å². The second-order valence-corrected chi connectivity index (χ2v) is 6.52. The maximum absolute atomic E-state index is 12.2. The van der Waals surface area contributed by atoms with E-state index in [2.05, 4.69) is 6.07 Å². The highest BCUT2D eigenvalue weighted by molar-refractivity contribution is 5.89. The SMILES string of the molecule is CCOC(=O)OC1CCCCN1CC1CN(c2ccc(C#N)cc2)C(=O)O1. The predicted molar refractivity (Wildman–Crippen MR) is 96.1 cm³/mol. The summed E-state index contributed by atoms with van der Waals surface area (Å²) in [6, 6.07) is 8.86. The number of piperidine rings is 1. The van der Waals surface area contributed by atoms with E-state index >= 15 is 0 Å². The minimum atomic E-state index is -0.669. The van der Waals surface area contributed by atoms with Crippen LogP contribution in [0.1, 0.15) is 31.7 Å². The molecule has 0 aromatic heterocycles. The number of nitrogens with zero attached hydrogens (tertiary/aromatic N) is 3. The van der Waals surface area contributed by atoms with E-state index in [1.165, 1.54) is 0 Å². The summed E-state index contributed by atoms with van der Waals surface area (Å²) in [6.07, 6.45) is 0.950. The zero-order valence-corrected chi connectivity index (χ0v) is 15.3. The Morgan fingerprint density at radius 3 is 2.81 bits per heavy atom. The Hall–Kier alpha value is -2.79. The molecule has 0 saturated carbocycles. The van der Waals surface area contributed by atoms with Crippen molar-refractivity contribution in [3.63, 3.8) is 0 Å². The van der Waals surface area contributed by atoms with E-state index in [1.54, 1.807) is 36.1 Å². The lowest BCUT2D eigenvalue weighted by atomic mass is 10.1. The summed E-state index contributed by atoms with van der Waals surface area (Å²) in [6.45, 7) is 3.67. The number of likely N-dealkylation sites (tertiary alicyclic amines) is 1. The van der Waals surface area contributed by atoms with E-state index in [4.69, 9.17) is 19.5 Å². The van der Waals surface area contributed by atoms with Gasteiger partial charge in [-0.1, -0.05) is 0 Å². The Morgan fingerprint density at radius 1 is 1.33 bits per heavy atom. The summed E-state index contributed by atoms with van der Waals surface area (Å²) in [4.78, 5) is 27.5. The monoisotopic (exact) mass is 373 g/mol. The van der Waals surface area contributed by atoms with E-state index in [0.717, 1.165) is 25.8 Å². The van der Waals surface area contributed by atoms with E-state index in [1.807, 2.05) is 4.90 Å². The normalized spacial score (nSPS) is 22.8. The zero-order chi connectivity index (χ0) is 19.2. The molecular formula is C19H23N3O5. The van der Waals surface area contributed by atoms with Gasteiger partial charge >= 0.3 is 12.2 Å². The van der Waals surface area contributed by atoms with Crippen LogP contribution in [0.2, 0.25) is 0 Å². The van der Waals surface area contributed by atoms with Crippen LogP contribution < -0.4 is 4.90 Å². The van der Waals surface area contributed by atoms with E-state index in [-0.39, 0.29) is 18.9 Å². The fourth-order valence-corrected chi connectivity index (χ4v) is 3.37. The molecule has 1 amide bonds. The van der Waals surface area contributed by atoms with Crippen LogP contribution in [-0.4, -0.2) is 55.7 Å². The molecule has 2 fully saturated rings. The van der Waals surface area contributed by atoms with Gasteiger partial charge in [-0.15, -0.1) is 0 Å². The first kappa shape index (κ1) is 19.0. The number of nitriles is 1. The quantitative estimate of drug-likeness (QED) is 0.733. The number of rotatable bonds is 5. The molecule has 2 unspecified atom stereocenters. The highest BCUT2D eigenvalue weighted by Crippen LogP contribution is 2.25. The van der Waals surface area contributed by atoms with Crippen molar-refractivity contribution in [1.29, 1.82) is 5.26 Å². The summed E-state index contributed by atoms with van der Waals surface area (Å²) in [5, 5.41) is 8.89. The van der Waals surface area contributed by atoms with Crippen molar-refractivity contribution in [3.8, 4) is 6.07 Å². The second-order valence-electron chi connectivity index (χ2n) is 6.52. The van der Waals surface area contributed by atoms with Crippen LogP contribution in [0.5, 0.6) is 0 Å². The molecule has 1 aromatic rings. The average Bonchev–Trinajstić information content (AvgIpc) is 3.04. The third-order valence-electron chi connectivity index (χ3n) is 4.67. The van der Waals surface area contributed by atoms with Crippen LogP contribution in [-0.2, 0) is 14.2 Å². The summed E-state index contributed by atoms with van der Waals surface area (Å²) in [7, 11) is 0. The number of hydrogen-bond acceptors (Lipinski definition) is 7. The molecule has 2 atom stereocenters. The molecule has 8 heteroatoms. The van der Waals surface area contributed by atoms with E-state index in [0.29, 0.717) is 24.3 Å². The molecule has 3 rings (SSSR count). The standard InChI is InChI=1S/C19H23N3O5/c1-2-25-19(24)27-17-5-3-4-10-21(17)12-16-13-22(18(23)26-16)15-8-6-14(11-20)7-9-15/h6-9,16-17H,2-5,10,12-13H2,1H3. The highest BCUT2D eigenvalue weighted by atomic mass is 16.7. The number of carbonyl (C=O) groups is 2. The lowest BCUT2D eigenvalue weighted by molar-refractivity contribution is -0.0741. The van der Waals surface area contributed by atoms with Crippen molar-refractivity contribution >= 4 is 17.9 Å². The molecule has 2 saturated heterocycles. The molecular weight excluding hydrogens is 350 g/mol. The smallest absolute Gasteiger partial charge is 0.443 e. The summed E-state index contributed by atoms with van der Waals surface area (Å²) in [5.74, 6) is 0. The number of amides is 1. The van der Waals surface area contributed by atoms with E-state index in [9.17, 15) is 9.59 Å². The van der Waals surface area contributed by atoms with Gasteiger partial charge in [0.1, 0.15) is 6.10 Å². The molecule has 0 spiro atoms. The molecule has 8 nitrogen and oxygen atoms in total. The Bertz CT molecular complexity index is 715. The molecule has 0 radical (unpaired) electrons. The zero-order valence-electron chi connectivity index (χ0n) is 15.3. The third-order valence-corrected chi connectivity index (χ3v) is 4.67. The fourth-order valence-electron chi connectivity index (χ4n) is 3.37. The minimum absolute atomic E-state index is 0.269. The van der Waals surface area contributed by atoms with Gasteiger partial charge in [0.05, 0.1) is 24.8 Å². The van der Waals surface area contributed by atoms with Crippen molar-refractivity contribution in [3.05, 3.63) is 29.8 Å². The van der Waals surface area contributed by atoms with E-state index < -0.39 is 12.2 Å². The maximum Gasteiger partial charge on any atom is 0.509 e. The van der Waals surface area contributed by atoms with Crippen molar-refractivity contribution in [1.82, 2.24) is 4.90 Å². The minimum Gasteiger partial charge on any atom is -0.443 e. The number of carbonyl (C=O) groups excluding carboxylic acids is 2. The molecule has 2 aliphatic heterocycles. The summed E-state index contributed by atoms with van der Waals surface area (Å²) >= 11 is 0. The van der Waals surface area contributed by atoms with Crippen molar-refractivity contribution < 1.29 is 23.8 Å². The van der Waals surface area contributed by atoms with Crippen LogP contribution >= 0.6 is 0 Å². The summed E-state index contributed by atoms with van der Waals surface area (Å²) in [5.41, 5.74) is 1.23. The number of cyclic esters (lactones) is 1. The van der Waals surface area contributed by atoms with Crippen LogP contribution in [0.15, 0.2) is 24.3 Å². The van der Waals surface area contributed by atoms with Gasteiger partial charge in [0.25, 0.3) is 0 Å². The van der Waals surface area contributed by atoms with Gasteiger partial charge < -0.3 is 14.2 Å². The molecule has 1 aromatic carbocycles. The molecule has 0 N–H and O–H groups in total. The van der Waals surface area contributed by atoms with Crippen LogP contribution in [0.25, 0.3) is 0 Å². The molecule has 27 heavy (non-hydrogen) atoms. The van der Waals surface area contributed by atoms with Gasteiger partial charge in [-0.2, -0.15) is 5.26 Å². The van der Waals surface area contributed by atoms with Crippen LogP contribution in [0.3, 0.4) is 0 Å². The van der Waals surface area contributed by atoms with Gasteiger partial charge in [0.2, 0.25) is 0 Å². The molecule has 2 heterocycles. The first-order valence-electron chi connectivity index (χ1n) is 9.16. The number of anilines is 1. The highest BCUT2D eigenvalue weighted by Gasteiger charge is 2.36. The number of hydrogen-bond donors (Lipinski definition) is 0. The second kappa shape index (κ2) is 8.73. The Labute approximate surface area is 158 Å². The Balaban J connectivity index is 1.60. The third kappa shape index (κ3) is 4.68.